The van der Waals surface area contributed by atoms with Crippen LogP contribution in [-0.2, 0) is 6.54 Å². The van der Waals surface area contributed by atoms with Crippen molar-refractivity contribution in [1.82, 2.24) is 20.4 Å². The molecule has 0 aliphatic carbocycles. The van der Waals surface area contributed by atoms with Crippen LogP contribution in [0.15, 0.2) is 47.7 Å². The van der Waals surface area contributed by atoms with Gasteiger partial charge < -0.3 is 20.1 Å². The number of aromatic nitrogens is 2. The monoisotopic (exact) mass is 329 g/mol. The van der Waals surface area contributed by atoms with Gasteiger partial charge in [0.05, 0.1) is 6.54 Å². The molecular formula is C17H23N5O2. The molecule has 1 aromatic heterocycles. The molecule has 2 N–H and O–H groups in total. The van der Waals surface area contributed by atoms with Crippen molar-refractivity contribution >= 4 is 5.96 Å². The third kappa shape index (κ3) is 4.41. The van der Waals surface area contributed by atoms with Gasteiger partial charge >= 0.3 is 0 Å². The van der Waals surface area contributed by atoms with E-state index in [9.17, 15) is 0 Å². The first-order chi connectivity index (χ1) is 11.8. The summed E-state index contributed by atoms with van der Waals surface area (Å²) in [5.41, 5.74) is 0. The highest BCUT2D eigenvalue weighted by atomic mass is 16.6. The number of fused-ring (bicyclic) bond motifs is 1. The van der Waals surface area contributed by atoms with E-state index in [2.05, 4.69) is 20.7 Å². The van der Waals surface area contributed by atoms with Crippen LogP contribution in [0, 0.1) is 0 Å². The Kier molecular flexibility index (Phi) is 5.55. The van der Waals surface area contributed by atoms with E-state index in [1.165, 1.54) is 0 Å². The van der Waals surface area contributed by atoms with Crippen LogP contribution in [0.2, 0.25) is 0 Å². The molecule has 0 amide bonds. The smallest absolute Gasteiger partial charge is 0.191 e. The van der Waals surface area contributed by atoms with Crippen molar-refractivity contribution in [3.8, 4) is 11.5 Å². The Balaban J connectivity index is 1.37. The van der Waals surface area contributed by atoms with Gasteiger partial charge in [-0.2, -0.15) is 5.10 Å². The maximum Gasteiger partial charge on any atom is 0.191 e. The van der Waals surface area contributed by atoms with Crippen molar-refractivity contribution in [2.24, 2.45) is 4.99 Å². The molecule has 2 aromatic rings. The molecule has 0 saturated heterocycles. The quantitative estimate of drug-likeness (QED) is 0.474. The number of nitrogens with one attached hydrogen (secondary N) is 2. The minimum atomic E-state index is -0.0393. The van der Waals surface area contributed by atoms with E-state index in [-0.39, 0.29) is 6.10 Å². The molecule has 0 spiro atoms. The predicted molar refractivity (Wildman–Crippen MR) is 92.6 cm³/mol. The first-order valence-electron chi connectivity index (χ1n) is 8.15. The van der Waals surface area contributed by atoms with E-state index in [4.69, 9.17) is 9.47 Å². The van der Waals surface area contributed by atoms with Gasteiger partial charge in [0.15, 0.2) is 17.5 Å². The highest BCUT2D eigenvalue weighted by Crippen LogP contribution is 2.30. The minimum absolute atomic E-state index is 0.0393. The average molecular weight is 329 g/mol. The number of nitrogens with zero attached hydrogens (tertiary/aromatic N) is 3. The summed E-state index contributed by atoms with van der Waals surface area (Å²) < 4.78 is 13.5. The number of rotatable bonds is 6. The summed E-state index contributed by atoms with van der Waals surface area (Å²) in [6.07, 6.45) is 4.69. The molecular weight excluding hydrogens is 306 g/mol. The molecule has 1 atom stereocenters. The van der Waals surface area contributed by atoms with Crippen molar-refractivity contribution < 1.29 is 9.47 Å². The number of para-hydroxylation sites is 2. The van der Waals surface area contributed by atoms with Crippen molar-refractivity contribution in [2.45, 2.75) is 19.1 Å². The fraction of sp³-hybridized carbons (Fsp3) is 0.412. The lowest BCUT2D eigenvalue weighted by molar-refractivity contribution is 0.0936. The summed E-state index contributed by atoms with van der Waals surface area (Å²) in [6, 6.07) is 9.65. The molecule has 2 heterocycles. The summed E-state index contributed by atoms with van der Waals surface area (Å²) in [6.45, 7) is 2.87. The Bertz CT molecular complexity index is 657. The lowest BCUT2D eigenvalue weighted by Gasteiger charge is -2.27. The van der Waals surface area contributed by atoms with Gasteiger partial charge in [0.2, 0.25) is 0 Å². The van der Waals surface area contributed by atoms with Crippen LogP contribution in [-0.4, -0.2) is 48.6 Å². The molecule has 7 heteroatoms. The molecule has 1 unspecified atom stereocenters. The van der Waals surface area contributed by atoms with Crippen molar-refractivity contribution in [3.63, 3.8) is 0 Å². The molecule has 1 aromatic carbocycles. The number of hydrogen-bond donors (Lipinski definition) is 2. The Morgan fingerprint density at radius 3 is 2.96 bits per heavy atom. The zero-order valence-corrected chi connectivity index (χ0v) is 13.8. The van der Waals surface area contributed by atoms with Gasteiger partial charge in [-0.15, -0.1) is 0 Å². The van der Waals surface area contributed by atoms with Crippen LogP contribution in [0.5, 0.6) is 11.5 Å². The molecule has 0 radical (unpaired) electrons. The fourth-order valence-electron chi connectivity index (χ4n) is 2.48. The van der Waals surface area contributed by atoms with Gasteiger partial charge in [-0.25, -0.2) is 0 Å². The second-order valence-electron chi connectivity index (χ2n) is 5.50. The lowest BCUT2D eigenvalue weighted by atomic mass is 10.2. The predicted octanol–water partition coefficient (Wildman–Crippen LogP) is 1.28. The normalized spacial score (nSPS) is 16.7. The van der Waals surface area contributed by atoms with Gasteiger partial charge in [0.25, 0.3) is 0 Å². The standard InChI is InChI=1S/C17H23N5O2/c1-18-17(19-8-4-10-22-11-5-9-21-22)20-12-14-13-23-15-6-2-3-7-16(15)24-14/h2-3,5-7,9,11,14H,4,8,10,12-13H2,1H3,(H2,18,19,20). The third-order valence-corrected chi connectivity index (χ3v) is 3.70. The van der Waals surface area contributed by atoms with E-state index in [0.29, 0.717) is 13.2 Å². The molecule has 3 rings (SSSR count). The Labute approximate surface area is 141 Å². The third-order valence-electron chi connectivity index (χ3n) is 3.70. The highest BCUT2D eigenvalue weighted by molar-refractivity contribution is 5.79. The molecule has 24 heavy (non-hydrogen) atoms. The average Bonchev–Trinajstić information content (AvgIpc) is 3.14. The number of benzene rings is 1. The number of aliphatic imine (C=N–C) groups is 1. The number of guanidine groups is 1. The second kappa shape index (κ2) is 8.24. The molecule has 128 valence electrons. The summed E-state index contributed by atoms with van der Waals surface area (Å²) in [4.78, 5) is 4.23. The summed E-state index contributed by atoms with van der Waals surface area (Å²) in [7, 11) is 1.76. The second-order valence-corrected chi connectivity index (χ2v) is 5.50. The first-order valence-corrected chi connectivity index (χ1v) is 8.15. The van der Waals surface area contributed by atoms with E-state index < -0.39 is 0 Å². The van der Waals surface area contributed by atoms with E-state index >= 15 is 0 Å². The molecule has 1 aliphatic rings. The first kappa shape index (κ1) is 16.2. The SMILES string of the molecule is CN=C(NCCCn1cccn1)NCC1COc2ccccc2O1. The van der Waals surface area contributed by atoms with E-state index in [0.717, 1.165) is 37.0 Å². The lowest BCUT2D eigenvalue weighted by Crippen LogP contribution is -2.45. The summed E-state index contributed by atoms with van der Waals surface area (Å²) in [5.74, 6) is 2.35. The number of hydrogen-bond acceptors (Lipinski definition) is 4. The van der Waals surface area contributed by atoms with Crippen molar-refractivity contribution in [3.05, 3.63) is 42.7 Å². The Morgan fingerprint density at radius 1 is 1.29 bits per heavy atom. The maximum atomic E-state index is 5.92. The van der Waals surface area contributed by atoms with E-state index in [1.807, 2.05) is 41.2 Å². The van der Waals surface area contributed by atoms with Gasteiger partial charge in [0, 0.05) is 32.5 Å². The summed E-state index contributed by atoms with van der Waals surface area (Å²) in [5, 5.41) is 10.7. The van der Waals surface area contributed by atoms with Gasteiger partial charge in [-0.1, -0.05) is 12.1 Å². The van der Waals surface area contributed by atoms with Crippen LogP contribution < -0.4 is 20.1 Å². The number of ether oxygens (including phenoxy) is 2. The zero-order chi connectivity index (χ0) is 16.6. The largest absolute Gasteiger partial charge is 0.486 e. The molecule has 0 bridgehead atoms. The van der Waals surface area contributed by atoms with Crippen LogP contribution in [0.4, 0.5) is 0 Å². The number of aryl methyl sites for hydroxylation is 1. The molecule has 0 fully saturated rings. The van der Waals surface area contributed by atoms with Crippen molar-refractivity contribution in [2.75, 3.05) is 26.7 Å². The Hall–Kier alpha value is -2.70. The summed E-state index contributed by atoms with van der Waals surface area (Å²) >= 11 is 0. The minimum Gasteiger partial charge on any atom is -0.486 e. The van der Waals surface area contributed by atoms with E-state index in [1.54, 1.807) is 13.2 Å². The van der Waals surface area contributed by atoms with Crippen molar-refractivity contribution in [1.29, 1.82) is 0 Å². The van der Waals surface area contributed by atoms with Crippen LogP contribution in [0.25, 0.3) is 0 Å². The topological polar surface area (TPSA) is 72.7 Å². The molecule has 1 aliphatic heterocycles. The fourth-order valence-corrected chi connectivity index (χ4v) is 2.48. The van der Waals surface area contributed by atoms with Gasteiger partial charge in [-0.3, -0.25) is 9.67 Å². The molecule has 7 nitrogen and oxygen atoms in total. The molecule has 0 saturated carbocycles. The highest BCUT2D eigenvalue weighted by Gasteiger charge is 2.20. The van der Waals surface area contributed by atoms with Gasteiger partial charge in [-0.05, 0) is 24.6 Å². The van der Waals surface area contributed by atoms with Crippen LogP contribution in [0.3, 0.4) is 0 Å². The maximum absolute atomic E-state index is 5.92. The van der Waals surface area contributed by atoms with Gasteiger partial charge in [0.1, 0.15) is 12.7 Å². The zero-order valence-electron chi connectivity index (χ0n) is 13.8. The Morgan fingerprint density at radius 2 is 2.17 bits per heavy atom. The van der Waals surface area contributed by atoms with Crippen LogP contribution in [0.1, 0.15) is 6.42 Å². The van der Waals surface area contributed by atoms with Crippen LogP contribution >= 0.6 is 0 Å².